The van der Waals surface area contributed by atoms with E-state index in [-0.39, 0.29) is 11.5 Å². The number of aromatic nitrogens is 2. The maximum atomic E-state index is 11.0. The first kappa shape index (κ1) is 9.34. The molecule has 8 heteroatoms. The van der Waals surface area contributed by atoms with E-state index in [9.17, 15) is 8.42 Å². The standard InChI is InChI=1S/C5H7N5O2S/c6-1-2-13(11,12)10-5-4(7)3-8-9-5/h3H,2,7H2,(H2,8,9,10). The van der Waals surface area contributed by atoms with E-state index < -0.39 is 15.8 Å². The molecule has 1 aromatic heterocycles. The Morgan fingerprint density at radius 1 is 1.77 bits per heavy atom. The highest BCUT2D eigenvalue weighted by molar-refractivity contribution is 7.92. The number of nitrogens with one attached hydrogen (secondary N) is 2. The van der Waals surface area contributed by atoms with E-state index in [1.165, 1.54) is 12.3 Å². The van der Waals surface area contributed by atoms with Crippen LogP contribution in [0.15, 0.2) is 6.20 Å². The molecule has 13 heavy (non-hydrogen) atoms. The van der Waals surface area contributed by atoms with E-state index in [1.807, 2.05) is 0 Å². The van der Waals surface area contributed by atoms with Crippen molar-refractivity contribution in [3.05, 3.63) is 6.20 Å². The Hall–Kier alpha value is -1.75. The van der Waals surface area contributed by atoms with Crippen LogP contribution in [-0.2, 0) is 10.0 Å². The molecule has 0 aliphatic heterocycles. The van der Waals surface area contributed by atoms with Crippen LogP contribution in [0, 0.1) is 11.3 Å². The number of anilines is 2. The van der Waals surface area contributed by atoms with Gasteiger partial charge in [0, 0.05) is 0 Å². The maximum absolute atomic E-state index is 11.0. The van der Waals surface area contributed by atoms with Crippen LogP contribution in [0.3, 0.4) is 0 Å². The van der Waals surface area contributed by atoms with Crippen LogP contribution in [-0.4, -0.2) is 24.4 Å². The van der Waals surface area contributed by atoms with Crippen LogP contribution in [0.25, 0.3) is 0 Å². The number of nitrogens with zero attached hydrogens (tertiary/aromatic N) is 2. The first-order valence-corrected chi connectivity index (χ1v) is 4.86. The van der Waals surface area contributed by atoms with Gasteiger partial charge in [-0.05, 0) is 0 Å². The highest BCUT2D eigenvalue weighted by atomic mass is 32.2. The molecular formula is C5H7N5O2S. The monoisotopic (exact) mass is 201 g/mol. The van der Waals surface area contributed by atoms with Crippen LogP contribution < -0.4 is 10.5 Å². The van der Waals surface area contributed by atoms with Gasteiger partial charge in [-0.1, -0.05) is 0 Å². The van der Waals surface area contributed by atoms with Crippen LogP contribution in [0.4, 0.5) is 11.5 Å². The van der Waals surface area contributed by atoms with Crippen molar-refractivity contribution in [1.29, 1.82) is 5.26 Å². The lowest BCUT2D eigenvalue weighted by molar-refractivity contribution is 0.604. The SMILES string of the molecule is N#CCS(=O)(=O)Nc1[nH]ncc1N. The lowest BCUT2D eigenvalue weighted by Gasteiger charge is -2.01. The molecule has 0 saturated carbocycles. The average molecular weight is 201 g/mol. The summed E-state index contributed by atoms with van der Waals surface area (Å²) < 4.78 is 24.1. The van der Waals surface area contributed by atoms with Crippen molar-refractivity contribution in [2.45, 2.75) is 0 Å². The fourth-order valence-corrected chi connectivity index (χ4v) is 1.37. The zero-order chi connectivity index (χ0) is 9.90. The molecule has 0 aromatic carbocycles. The third kappa shape index (κ3) is 2.34. The number of H-pyrrole nitrogens is 1. The van der Waals surface area contributed by atoms with Crippen LogP contribution in [0.5, 0.6) is 0 Å². The van der Waals surface area contributed by atoms with Gasteiger partial charge in [-0.15, -0.1) is 0 Å². The summed E-state index contributed by atoms with van der Waals surface area (Å²) in [6, 6.07) is 1.51. The quantitative estimate of drug-likeness (QED) is 0.593. The number of hydrogen-bond donors (Lipinski definition) is 3. The number of sulfonamides is 1. The Morgan fingerprint density at radius 2 is 2.46 bits per heavy atom. The number of nitrogen functional groups attached to an aromatic ring is 1. The number of aromatic amines is 1. The summed E-state index contributed by atoms with van der Waals surface area (Å²) in [5.41, 5.74) is 5.52. The lowest BCUT2D eigenvalue weighted by atomic mass is 10.6. The third-order valence-corrected chi connectivity index (χ3v) is 2.21. The molecule has 0 aliphatic rings. The second-order valence-electron chi connectivity index (χ2n) is 2.22. The molecule has 0 atom stereocenters. The molecule has 0 aliphatic carbocycles. The largest absolute Gasteiger partial charge is 0.394 e. The minimum absolute atomic E-state index is 0.0789. The topological polar surface area (TPSA) is 125 Å². The maximum Gasteiger partial charge on any atom is 0.247 e. The Balaban J connectivity index is 2.82. The van der Waals surface area contributed by atoms with Gasteiger partial charge in [0.1, 0.15) is 0 Å². The van der Waals surface area contributed by atoms with Crippen molar-refractivity contribution in [2.75, 3.05) is 16.2 Å². The number of hydrogen-bond acceptors (Lipinski definition) is 5. The lowest BCUT2D eigenvalue weighted by Crippen LogP contribution is -2.16. The average Bonchev–Trinajstić information content (AvgIpc) is 2.35. The highest BCUT2D eigenvalue weighted by Gasteiger charge is 2.12. The molecule has 1 rings (SSSR count). The third-order valence-electron chi connectivity index (χ3n) is 1.18. The van der Waals surface area contributed by atoms with Gasteiger partial charge in [0.2, 0.25) is 10.0 Å². The van der Waals surface area contributed by atoms with Gasteiger partial charge in [-0.25, -0.2) is 8.42 Å². The first-order chi connectivity index (χ1) is 6.05. The predicted octanol–water partition coefficient (Wildman–Crippen LogP) is -0.743. The zero-order valence-electron chi connectivity index (χ0n) is 6.48. The summed E-state index contributed by atoms with van der Waals surface area (Å²) in [6.45, 7) is 0. The highest BCUT2D eigenvalue weighted by Crippen LogP contribution is 2.13. The molecular weight excluding hydrogens is 194 g/mol. The van der Waals surface area contributed by atoms with Crippen molar-refractivity contribution in [2.24, 2.45) is 0 Å². The number of nitriles is 1. The minimum Gasteiger partial charge on any atom is -0.394 e. The van der Waals surface area contributed by atoms with Gasteiger partial charge in [-0.2, -0.15) is 10.4 Å². The van der Waals surface area contributed by atoms with Gasteiger partial charge in [0.15, 0.2) is 11.6 Å². The fraction of sp³-hybridized carbons (Fsp3) is 0.200. The molecule has 0 radical (unpaired) electrons. The molecule has 0 unspecified atom stereocenters. The zero-order valence-corrected chi connectivity index (χ0v) is 7.30. The summed E-state index contributed by atoms with van der Waals surface area (Å²) in [5, 5.41) is 14.0. The van der Waals surface area contributed by atoms with E-state index >= 15 is 0 Å². The van der Waals surface area contributed by atoms with Crippen LogP contribution >= 0.6 is 0 Å². The Bertz CT molecular complexity index is 428. The van der Waals surface area contributed by atoms with Gasteiger partial charge in [0.05, 0.1) is 18.0 Å². The normalized spacial score (nSPS) is 10.7. The molecule has 7 nitrogen and oxygen atoms in total. The Morgan fingerprint density at radius 3 is 2.92 bits per heavy atom. The smallest absolute Gasteiger partial charge is 0.247 e. The Kier molecular flexibility index (Phi) is 2.39. The van der Waals surface area contributed by atoms with E-state index in [1.54, 1.807) is 0 Å². The van der Waals surface area contributed by atoms with E-state index in [0.717, 1.165) is 0 Å². The molecule has 1 aromatic rings. The fourth-order valence-electron chi connectivity index (χ4n) is 0.654. The molecule has 70 valence electrons. The van der Waals surface area contributed by atoms with E-state index in [2.05, 4.69) is 14.9 Å². The van der Waals surface area contributed by atoms with Gasteiger partial charge < -0.3 is 5.73 Å². The van der Waals surface area contributed by atoms with Crippen molar-refractivity contribution in [1.82, 2.24) is 10.2 Å². The molecule has 0 spiro atoms. The predicted molar refractivity (Wildman–Crippen MR) is 46.0 cm³/mol. The number of rotatable bonds is 3. The van der Waals surface area contributed by atoms with Crippen LogP contribution in [0.2, 0.25) is 0 Å². The molecule has 0 amide bonds. The van der Waals surface area contributed by atoms with Crippen molar-refractivity contribution in [3.63, 3.8) is 0 Å². The molecule has 1 heterocycles. The first-order valence-electron chi connectivity index (χ1n) is 3.21. The summed E-state index contributed by atoms with van der Waals surface area (Å²) >= 11 is 0. The van der Waals surface area contributed by atoms with Gasteiger partial charge >= 0.3 is 0 Å². The Labute approximate surface area is 74.6 Å². The van der Waals surface area contributed by atoms with Crippen molar-refractivity contribution < 1.29 is 8.42 Å². The molecule has 0 fully saturated rings. The van der Waals surface area contributed by atoms with E-state index in [0.29, 0.717) is 0 Å². The molecule has 0 bridgehead atoms. The minimum atomic E-state index is -3.64. The number of nitrogens with two attached hydrogens (primary N) is 1. The summed E-state index contributed by atoms with van der Waals surface area (Å²) in [4.78, 5) is 0. The van der Waals surface area contributed by atoms with E-state index in [4.69, 9.17) is 11.0 Å². The molecule has 0 saturated heterocycles. The van der Waals surface area contributed by atoms with Gasteiger partial charge in [-0.3, -0.25) is 9.82 Å². The molecule has 4 N–H and O–H groups in total. The summed E-state index contributed by atoms with van der Waals surface area (Å²) in [6.07, 6.45) is 1.27. The second kappa shape index (κ2) is 3.32. The van der Waals surface area contributed by atoms with Crippen molar-refractivity contribution >= 4 is 21.5 Å². The summed E-state index contributed by atoms with van der Waals surface area (Å²) in [7, 11) is -3.64. The second-order valence-corrected chi connectivity index (χ2v) is 3.94. The van der Waals surface area contributed by atoms with Crippen molar-refractivity contribution in [3.8, 4) is 6.07 Å². The van der Waals surface area contributed by atoms with Gasteiger partial charge in [0.25, 0.3) is 0 Å². The summed E-state index contributed by atoms with van der Waals surface area (Å²) in [5.74, 6) is -0.541. The van der Waals surface area contributed by atoms with Crippen LogP contribution in [0.1, 0.15) is 0 Å².